The second-order valence-corrected chi connectivity index (χ2v) is 6.07. The number of hydrogen-bond acceptors (Lipinski definition) is 1. The fourth-order valence-corrected chi connectivity index (χ4v) is 3.00. The van der Waals surface area contributed by atoms with Gasteiger partial charge in [0, 0.05) is 17.1 Å². The minimum atomic E-state index is -0.0136. The zero-order valence-corrected chi connectivity index (χ0v) is 13.8. The maximum Gasteiger partial charge on any atom is 0.290 e. The summed E-state index contributed by atoms with van der Waals surface area (Å²) >= 11 is 0. The van der Waals surface area contributed by atoms with Crippen LogP contribution in [0.5, 0.6) is 0 Å². The van der Waals surface area contributed by atoms with E-state index in [0.717, 1.165) is 22.2 Å². The van der Waals surface area contributed by atoms with Crippen molar-refractivity contribution in [1.82, 2.24) is 0 Å². The summed E-state index contributed by atoms with van der Waals surface area (Å²) in [5.74, 6) is -0.0136. The number of carbonyl (C=O) groups is 1. The summed E-state index contributed by atoms with van der Waals surface area (Å²) < 4.78 is 1.91. The fourth-order valence-electron chi connectivity index (χ4n) is 3.00. The van der Waals surface area contributed by atoms with Crippen molar-refractivity contribution >= 4 is 22.4 Å². The molecule has 3 rings (SSSR count). The van der Waals surface area contributed by atoms with Gasteiger partial charge in [-0.1, -0.05) is 35.9 Å². The molecule has 1 N–H and O–H groups in total. The highest BCUT2D eigenvalue weighted by atomic mass is 16.1. The van der Waals surface area contributed by atoms with Gasteiger partial charge >= 0.3 is 0 Å². The second kappa shape index (κ2) is 6.21. The van der Waals surface area contributed by atoms with Crippen molar-refractivity contribution in [3.63, 3.8) is 0 Å². The zero-order chi connectivity index (χ0) is 16.4. The summed E-state index contributed by atoms with van der Waals surface area (Å²) in [5.41, 5.74) is 4.32. The predicted octanol–water partition coefficient (Wildman–Crippen LogP) is 3.69. The van der Waals surface area contributed by atoms with E-state index < -0.39 is 0 Å². The van der Waals surface area contributed by atoms with Gasteiger partial charge < -0.3 is 5.32 Å². The van der Waals surface area contributed by atoms with Crippen LogP contribution >= 0.6 is 0 Å². The SMILES string of the molecule is Cc1cc(C)c(NC(=O)C[n+]2ccc3ccccc3c2)c(C)c1. The number of carbonyl (C=O) groups excluding carboxylic acids is 1. The smallest absolute Gasteiger partial charge is 0.290 e. The molecule has 0 saturated heterocycles. The van der Waals surface area contributed by atoms with Gasteiger partial charge in [-0.3, -0.25) is 4.79 Å². The molecule has 1 aromatic heterocycles. The molecule has 0 fully saturated rings. The monoisotopic (exact) mass is 305 g/mol. The molecule has 0 atom stereocenters. The molecule has 0 saturated carbocycles. The van der Waals surface area contributed by atoms with Crippen LogP contribution in [0.15, 0.2) is 54.9 Å². The lowest BCUT2D eigenvalue weighted by atomic mass is 10.1. The van der Waals surface area contributed by atoms with E-state index in [4.69, 9.17) is 0 Å². The largest absolute Gasteiger partial charge is 0.320 e. The van der Waals surface area contributed by atoms with Gasteiger partial charge in [-0.05, 0) is 43.4 Å². The summed E-state index contributed by atoms with van der Waals surface area (Å²) in [7, 11) is 0. The van der Waals surface area contributed by atoms with Gasteiger partial charge in [-0.15, -0.1) is 0 Å². The number of pyridine rings is 1. The quantitative estimate of drug-likeness (QED) is 0.736. The summed E-state index contributed by atoms with van der Waals surface area (Å²) in [6, 6.07) is 14.4. The van der Waals surface area contributed by atoms with Crippen LogP contribution in [0.25, 0.3) is 10.8 Å². The van der Waals surface area contributed by atoms with Crippen LogP contribution in [0.4, 0.5) is 5.69 Å². The Morgan fingerprint density at radius 2 is 1.65 bits per heavy atom. The Balaban J connectivity index is 1.78. The summed E-state index contributed by atoms with van der Waals surface area (Å²) in [6.07, 6.45) is 3.94. The molecule has 3 nitrogen and oxygen atoms in total. The van der Waals surface area contributed by atoms with Crippen LogP contribution in [0.3, 0.4) is 0 Å². The highest BCUT2D eigenvalue weighted by Crippen LogP contribution is 2.21. The highest BCUT2D eigenvalue weighted by molar-refractivity contribution is 5.91. The van der Waals surface area contributed by atoms with Gasteiger partial charge in [0.05, 0.1) is 0 Å². The summed E-state index contributed by atoms with van der Waals surface area (Å²) in [6.45, 7) is 6.42. The molecule has 23 heavy (non-hydrogen) atoms. The molecule has 2 aromatic carbocycles. The van der Waals surface area contributed by atoms with E-state index in [9.17, 15) is 4.79 Å². The van der Waals surface area contributed by atoms with E-state index in [2.05, 4.69) is 36.5 Å². The number of rotatable bonds is 3. The topological polar surface area (TPSA) is 33.0 Å². The molecule has 1 amide bonds. The molecular formula is C20H21N2O+. The zero-order valence-electron chi connectivity index (χ0n) is 13.8. The first kappa shape index (κ1) is 15.2. The maximum atomic E-state index is 12.4. The van der Waals surface area contributed by atoms with Crippen molar-refractivity contribution in [2.24, 2.45) is 0 Å². The average molecular weight is 305 g/mol. The Kier molecular flexibility index (Phi) is 4.11. The molecule has 0 bridgehead atoms. The van der Waals surface area contributed by atoms with Crippen LogP contribution < -0.4 is 9.88 Å². The van der Waals surface area contributed by atoms with Crippen LogP contribution in [-0.4, -0.2) is 5.91 Å². The number of amides is 1. The molecule has 0 aliphatic rings. The van der Waals surface area contributed by atoms with Crippen LogP contribution in [0.1, 0.15) is 16.7 Å². The average Bonchev–Trinajstić information content (AvgIpc) is 2.51. The van der Waals surface area contributed by atoms with Gasteiger partial charge in [0.25, 0.3) is 5.91 Å². The molecule has 0 aliphatic carbocycles. The van der Waals surface area contributed by atoms with Gasteiger partial charge in [0.2, 0.25) is 6.54 Å². The van der Waals surface area contributed by atoms with Crippen LogP contribution in [0.2, 0.25) is 0 Å². The van der Waals surface area contributed by atoms with E-state index in [1.165, 1.54) is 10.9 Å². The van der Waals surface area contributed by atoms with E-state index in [1.807, 2.05) is 49.0 Å². The molecule has 0 aliphatic heterocycles. The lowest BCUT2D eigenvalue weighted by Crippen LogP contribution is -2.39. The lowest BCUT2D eigenvalue weighted by molar-refractivity contribution is -0.682. The minimum absolute atomic E-state index is 0.0136. The van der Waals surface area contributed by atoms with Gasteiger partial charge in [0.1, 0.15) is 0 Å². The van der Waals surface area contributed by atoms with Crippen molar-refractivity contribution < 1.29 is 9.36 Å². The summed E-state index contributed by atoms with van der Waals surface area (Å²) in [4.78, 5) is 12.4. The highest BCUT2D eigenvalue weighted by Gasteiger charge is 2.13. The first-order chi connectivity index (χ1) is 11.0. The molecule has 3 aromatic rings. The maximum absolute atomic E-state index is 12.4. The Morgan fingerprint density at radius 3 is 2.35 bits per heavy atom. The molecule has 3 heteroatoms. The van der Waals surface area contributed by atoms with Crippen molar-refractivity contribution in [3.05, 3.63) is 71.5 Å². The van der Waals surface area contributed by atoms with E-state index in [0.29, 0.717) is 6.54 Å². The number of nitrogens with one attached hydrogen (secondary N) is 1. The Hall–Kier alpha value is -2.68. The summed E-state index contributed by atoms with van der Waals surface area (Å²) in [5, 5.41) is 5.35. The third-order valence-electron chi connectivity index (χ3n) is 4.01. The minimum Gasteiger partial charge on any atom is -0.320 e. The van der Waals surface area contributed by atoms with Crippen molar-refractivity contribution in [1.29, 1.82) is 0 Å². The molecule has 0 spiro atoms. The lowest BCUT2D eigenvalue weighted by Gasteiger charge is -2.11. The standard InChI is InChI=1S/C20H20N2O/c1-14-10-15(2)20(16(3)11-14)21-19(23)13-22-9-8-17-6-4-5-7-18(17)12-22/h4-12H,13H2,1-3H3/p+1. The van der Waals surface area contributed by atoms with Gasteiger partial charge in [0.15, 0.2) is 12.4 Å². The third kappa shape index (κ3) is 3.39. The molecule has 0 unspecified atom stereocenters. The van der Waals surface area contributed by atoms with E-state index in [-0.39, 0.29) is 5.91 Å². The number of hydrogen-bond donors (Lipinski definition) is 1. The number of aryl methyl sites for hydroxylation is 3. The Bertz CT molecular complexity index is 861. The first-order valence-corrected chi connectivity index (χ1v) is 7.78. The predicted molar refractivity (Wildman–Crippen MR) is 93.4 cm³/mol. The molecular weight excluding hydrogens is 284 g/mol. The van der Waals surface area contributed by atoms with Crippen LogP contribution in [-0.2, 0) is 11.3 Å². The number of aromatic nitrogens is 1. The van der Waals surface area contributed by atoms with Crippen molar-refractivity contribution in [2.75, 3.05) is 5.32 Å². The molecule has 116 valence electrons. The fraction of sp³-hybridized carbons (Fsp3) is 0.200. The number of anilines is 1. The first-order valence-electron chi connectivity index (χ1n) is 7.78. The molecule has 1 heterocycles. The number of nitrogens with zero attached hydrogens (tertiary/aromatic N) is 1. The van der Waals surface area contributed by atoms with E-state index >= 15 is 0 Å². The number of fused-ring (bicyclic) bond motifs is 1. The second-order valence-electron chi connectivity index (χ2n) is 6.07. The normalized spacial score (nSPS) is 10.7. The Morgan fingerprint density at radius 1 is 1.00 bits per heavy atom. The Labute approximate surface area is 136 Å². The third-order valence-corrected chi connectivity index (χ3v) is 4.01. The van der Waals surface area contributed by atoms with Crippen molar-refractivity contribution in [2.45, 2.75) is 27.3 Å². The van der Waals surface area contributed by atoms with Gasteiger partial charge in [-0.25, -0.2) is 0 Å². The van der Waals surface area contributed by atoms with Gasteiger partial charge in [-0.2, -0.15) is 4.57 Å². The van der Waals surface area contributed by atoms with Crippen LogP contribution in [0, 0.1) is 20.8 Å². The molecule has 0 radical (unpaired) electrons. The van der Waals surface area contributed by atoms with E-state index in [1.54, 1.807) is 0 Å². The number of benzene rings is 2. The van der Waals surface area contributed by atoms with Crippen molar-refractivity contribution in [3.8, 4) is 0 Å².